The van der Waals surface area contributed by atoms with Crippen molar-refractivity contribution in [2.75, 3.05) is 20.1 Å². The molecule has 7 nitrogen and oxygen atoms in total. The molecule has 0 rings (SSSR count). The molecule has 0 saturated heterocycles. The second kappa shape index (κ2) is 8.34. The highest BCUT2D eigenvalue weighted by Crippen LogP contribution is 2.03. The molecule has 0 fully saturated rings. The molecule has 0 spiro atoms. The number of amides is 3. The number of aliphatic carboxylic acids is 1. The lowest BCUT2D eigenvalue weighted by molar-refractivity contribution is -0.141. The van der Waals surface area contributed by atoms with Gasteiger partial charge in [-0.2, -0.15) is 0 Å². The number of hydrogen-bond acceptors (Lipinski definition) is 3. The molecule has 0 aromatic heterocycles. The van der Waals surface area contributed by atoms with E-state index < -0.39 is 24.0 Å². The highest BCUT2D eigenvalue weighted by Gasteiger charge is 2.23. The number of nitrogens with zero attached hydrogens (tertiary/aromatic N) is 1. The SMILES string of the molecule is CCCN(CC(=O)NC)C(=O)NC(C)C(C)C(=O)O. The molecule has 0 radical (unpaired) electrons. The van der Waals surface area contributed by atoms with E-state index in [1.165, 1.54) is 18.9 Å². The van der Waals surface area contributed by atoms with Crippen LogP contribution >= 0.6 is 0 Å². The summed E-state index contributed by atoms with van der Waals surface area (Å²) in [5.74, 6) is -1.92. The lowest BCUT2D eigenvalue weighted by Gasteiger charge is -2.25. The second-order valence-corrected chi connectivity index (χ2v) is 4.46. The zero-order valence-electron chi connectivity index (χ0n) is 11.9. The van der Waals surface area contributed by atoms with Gasteiger partial charge in [0.05, 0.1) is 5.92 Å². The van der Waals surface area contributed by atoms with E-state index in [9.17, 15) is 14.4 Å². The number of carbonyl (C=O) groups is 3. The van der Waals surface area contributed by atoms with Crippen LogP contribution in [0, 0.1) is 5.92 Å². The quantitative estimate of drug-likeness (QED) is 0.619. The molecule has 0 aliphatic heterocycles. The van der Waals surface area contributed by atoms with Gasteiger partial charge in [-0.3, -0.25) is 9.59 Å². The molecule has 0 bridgehead atoms. The van der Waals surface area contributed by atoms with Gasteiger partial charge in [-0.1, -0.05) is 6.92 Å². The normalized spacial score (nSPS) is 13.3. The van der Waals surface area contributed by atoms with Crippen LogP contribution in [0.4, 0.5) is 4.79 Å². The lowest BCUT2D eigenvalue weighted by Crippen LogP contribution is -2.50. The Labute approximate surface area is 113 Å². The molecule has 3 amide bonds. The zero-order chi connectivity index (χ0) is 15.0. The maximum Gasteiger partial charge on any atom is 0.318 e. The highest BCUT2D eigenvalue weighted by molar-refractivity contribution is 5.84. The summed E-state index contributed by atoms with van der Waals surface area (Å²) in [4.78, 5) is 35.4. The van der Waals surface area contributed by atoms with E-state index >= 15 is 0 Å². The summed E-state index contributed by atoms with van der Waals surface area (Å²) < 4.78 is 0. The molecule has 0 aliphatic carbocycles. The largest absolute Gasteiger partial charge is 0.481 e. The molecule has 0 aliphatic rings. The summed E-state index contributed by atoms with van der Waals surface area (Å²) >= 11 is 0. The summed E-state index contributed by atoms with van der Waals surface area (Å²) in [7, 11) is 1.50. The molecular weight excluding hydrogens is 250 g/mol. The monoisotopic (exact) mass is 273 g/mol. The zero-order valence-corrected chi connectivity index (χ0v) is 11.9. The first-order valence-corrected chi connectivity index (χ1v) is 6.32. The Kier molecular flexibility index (Phi) is 7.55. The number of likely N-dealkylation sites (N-methyl/N-ethyl adjacent to an activating group) is 1. The van der Waals surface area contributed by atoms with Crippen molar-refractivity contribution in [1.82, 2.24) is 15.5 Å². The van der Waals surface area contributed by atoms with Gasteiger partial charge in [0.25, 0.3) is 0 Å². The van der Waals surface area contributed by atoms with E-state index in [1.807, 2.05) is 6.92 Å². The maximum absolute atomic E-state index is 12.0. The molecule has 2 unspecified atom stereocenters. The van der Waals surface area contributed by atoms with Crippen LogP contribution in [0.2, 0.25) is 0 Å². The predicted octanol–water partition coefficient (Wildman–Crippen LogP) is 0.263. The van der Waals surface area contributed by atoms with Crippen LogP contribution in [-0.2, 0) is 9.59 Å². The Hall–Kier alpha value is -1.79. The van der Waals surface area contributed by atoms with Gasteiger partial charge in [0.2, 0.25) is 5.91 Å². The Morgan fingerprint density at radius 1 is 1.26 bits per heavy atom. The minimum absolute atomic E-state index is 0.0374. The van der Waals surface area contributed by atoms with Crippen molar-refractivity contribution in [3.8, 4) is 0 Å². The predicted molar refractivity (Wildman–Crippen MR) is 70.7 cm³/mol. The molecule has 0 heterocycles. The summed E-state index contributed by atoms with van der Waals surface area (Å²) in [6.07, 6.45) is 0.716. The standard InChI is InChI=1S/C12H23N3O4/c1-5-6-15(7-10(16)13-4)12(19)14-9(3)8(2)11(17)18/h8-9H,5-7H2,1-4H3,(H,13,16)(H,14,19)(H,17,18). The van der Waals surface area contributed by atoms with Crippen LogP contribution in [0.15, 0.2) is 0 Å². The Balaban J connectivity index is 4.55. The van der Waals surface area contributed by atoms with Crippen LogP contribution in [0.1, 0.15) is 27.2 Å². The Morgan fingerprint density at radius 2 is 1.84 bits per heavy atom. The van der Waals surface area contributed by atoms with Gasteiger partial charge in [-0.05, 0) is 20.3 Å². The molecule has 2 atom stereocenters. The number of carboxylic acids is 1. The van der Waals surface area contributed by atoms with Crippen LogP contribution < -0.4 is 10.6 Å². The van der Waals surface area contributed by atoms with Crippen molar-refractivity contribution in [3.63, 3.8) is 0 Å². The average molecular weight is 273 g/mol. The van der Waals surface area contributed by atoms with Gasteiger partial charge in [0, 0.05) is 19.6 Å². The van der Waals surface area contributed by atoms with E-state index in [2.05, 4.69) is 10.6 Å². The molecule has 110 valence electrons. The Morgan fingerprint density at radius 3 is 2.26 bits per heavy atom. The smallest absolute Gasteiger partial charge is 0.318 e. The molecule has 0 aromatic rings. The molecule has 7 heteroatoms. The van der Waals surface area contributed by atoms with E-state index in [-0.39, 0.29) is 12.5 Å². The topological polar surface area (TPSA) is 98.7 Å². The number of carbonyl (C=O) groups excluding carboxylic acids is 2. The summed E-state index contributed by atoms with van der Waals surface area (Å²) in [6.45, 7) is 5.45. The third kappa shape index (κ3) is 6.08. The van der Waals surface area contributed by atoms with Crippen LogP contribution in [0.25, 0.3) is 0 Å². The van der Waals surface area contributed by atoms with Crippen molar-refractivity contribution in [1.29, 1.82) is 0 Å². The van der Waals surface area contributed by atoms with E-state index in [4.69, 9.17) is 5.11 Å². The fraction of sp³-hybridized carbons (Fsp3) is 0.750. The first-order valence-electron chi connectivity index (χ1n) is 6.32. The van der Waals surface area contributed by atoms with Crippen LogP contribution in [-0.4, -0.2) is 54.1 Å². The average Bonchev–Trinajstić information content (AvgIpc) is 2.36. The van der Waals surface area contributed by atoms with Gasteiger partial charge in [-0.15, -0.1) is 0 Å². The number of hydrogen-bond donors (Lipinski definition) is 3. The van der Waals surface area contributed by atoms with E-state index in [1.54, 1.807) is 6.92 Å². The molecule has 3 N–H and O–H groups in total. The number of urea groups is 1. The third-order valence-electron chi connectivity index (χ3n) is 2.88. The van der Waals surface area contributed by atoms with Crippen molar-refractivity contribution in [3.05, 3.63) is 0 Å². The van der Waals surface area contributed by atoms with Crippen molar-refractivity contribution >= 4 is 17.9 Å². The highest BCUT2D eigenvalue weighted by atomic mass is 16.4. The number of carboxylic acid groups (broad SMARTS) is 1. The van der Waals surface area contributed by atoms with Gasteiger partial charge in [-0.25, -0.2) is 4.79 Å². The lowest BCUT2D eigenvalue weighted by atomic mass is 10.0. The van der Waals surface area contributed by atoms with E-state index in [0.29, 0.717) is 13.0 Å². The summed E-state index contributed by atoms with van der Waals surface area (Å²) in [5.41, 5.74) is 0. The second-order valence-electron chi connectivity index (χ2n) is 4.46. The van der Waals surface area contributed by atoms with Crippen molar-refractivity contribution in [2.24, 2.45) is 5.92 Å². The number of rotatable bonds is 7. The molecular formula is C12H23N3O4. The molecule has 0 aromatic carbocycles. The van der Waals surface area contributed by atoms with E-state index in [0.717, 1.165) is 0 Å². The first kappa shape index (κ1) is 17.2. The fourth-order valence-electron chi connectivity index (χ4n) is 1.40. The Bertz CT molecular complexity index is 333. The fourth-order valence-corrected chi connectivity index (χ4v) is 1.40. The number of nitrogens with one attached hydrogen (secondary N) is 2. The van der Waals surface area contributed by atoms with Gasteiger partial charge < -0.3 is 20.6 Å². The van der Waals surface area contributed by atoms with Crippen LogP contribution in [0.5, 0.6) is 0 Å². The minimum Gasteiger partial charge on any atom is -0.481 e. The molecule has 19 heavy (non-hydrogen) atoms. The first-order chi connectivity index (χ1) is 8.83. The van der Waals surface area contributed by atoms with Crippen LogP contribution in [0.3, 0.4) is 0 Å². The summed E-state index contributed by atoms with van der Waals surface area (Å²) in [5, 5.41) is 13.9. The van der Waals surface area contributed by atoms with Gasteiger partial charge >= 0.3 is 12.0 Å². The van der Waals surface area contributed by atoms with Gasteiger partial charge in [0.15, 0.2) is 0 Å². The van der Waals surface area contributed by atoms with Crippen molar-refractivity contribution in [2.45, 2.75) is 33.2 Å². The third-order valence-corrected chi connectivity index (χ3v) is 2.88. The van der Waals surface area contributed by atoms with Crippen molar-refractivity contribution < 1.29 is 19.5 Å². The summed E-state index contributed by atoms with van der Waals surface area (Å²) in [6, 6.07) is -0.930. The van der Waals surface area contributed by atoms with Gasteiger partial charge in [0.1, 0.15) is 6.54 Å². The maximum atomic E-state index is 12.0. The minimum atomic E-state index is -0.971. The molecule has 0 saturated carbocycles.